The number of methoxy groups -OCH3 is 1. The van der Waals surface area contributed by atoms with Gasteiger partial charge in [0, 0.05) is 17.4 Å². The maximum Gasteiger partial charge on any atom is 0.240 e. The van der Waals surface area contributed by atoms with E-state index in [1.807, 2.05) is 0 Å². The normalized spacial score (nSPS) is 14.8. The van der Waals surface area contributed by atoms with Crippen molar-refractivity contribution < 1.29 is 32.9 Å². The molecule has 10 nitrogen and oxygen atoms in total. The first kappa shape index (κ1) is 24.4. The van der Waals surface area contributed by atoms with Crippen molar-refractivity contribution in [1.82, 2.24) is 9.97 Å². The van der Waals surface area contributed by atoms with Gasteiger partial charge in [-0.15, -0.1) is 0 Å². The molecule has 11 heteroatoms. The zero-order valence-corrected chi connectivity index (χ0v) is 20.8. The summed E-state index contributed by atoms with van der Waals surface area (Å²) in [5.74, 6) is 0.912. The van der Waals surface area contributed by atoms with Gasteiger partial charge in [-0.05, 0) is 61.4 Å². The van der Waals surface area contributed by atoms with Crippen LogP contribution in [0.5, 0.6) is 28.9 Å². The Morgan fingerprint density at radius 1 is 0.897 bits per heavy atom. The SMILES string of the molecule is COc1cc2ncnc(Oc3ccc(NC(=O)C4(C(=O)Nc5ccc(F)cc5)CC4)cc3)c2c2c1OCCO2. The molecule has 198 valence electrons. The summed E-state index contributed by atoms with van der Waals surface area (Å²) >= 11 is 0. The lowest BCUT2D eigenvalue weighted by Gasteiger charge is -2.22. The van der Waals surface area contributed by atoms with E-state index in [1.54, 1.807) is 37.4 Å². The number of hydrogen-bond donors (Lipinski definition) is 2. The maximum atomic E-state index is 13.1. The lowest BCUT2D eigenvalue weighted by Crippen LogP contribution is -2.35. The molecule has 6 rings (SSSR count). The van der Waals surface area contributed by atoms with Crippen LogP contribution < -0.4 is 29.6 Å². The highest BCUT2D eigenvalue weighted by Gasteiger charge is 2.56. The van der Waals surface area contributed by atoms with E-state index in [2.05, 4.69) is 20.6 Å². The van der Waals surface area contributed by atoms with Crippen LogP contribution in [0.15, 0.2) is 60.9 Å². The summed E-state index contributed by atoms with van der Waals surface area (Å²) in [6, 6.07) is 13.8. The van der Waals surface area contributed by atoms with Crippen molar-refractivity contribution >= 4 is 34.1 Å². The van der Waals surface area contributed by atoms with Crippen LogP contribution in [0, 0.1) is 11.2 Å². The number of amides is 2. The van der Waals surface area contributed by atoms with Gasteiger partial charge in [-0.1, -0.05) is 0 Å². The van der Waals surface area contributed by atoms with E-state index in [4.69, 9.17) is 18.9 Å². The van der Waals surface area contributed by atoms with Crippen LogP contribution in [0.1, 0.15) is 12.8 Å². The number of nitrogens with zero attached hydrogens (tertiary/aromatic N) is 2. The van der Waals surface area contributed by atoms with Crippen LogP contribution >= 0.6 is 0 Å². The molecule has 39 heavy (non-hydrogen) atoms. The number of halogens is 1. The van der Waals surface area contributed by atoms with Gasteiger partial charge in [0.1, 0.15) is 41.9 Å². The lowest BCUT2D eigenvalue weighted by atomic mass is 10.0. The largest absolute Gasteiger partial charge is 0.493 e. The van der Waals surface area contributed by atoms with Crippen molar-refractivity contribution in [2.24, 2.45) is 5.41 Å². The monoisotopic (exact) mass is 530 g/mol. The molecule has 0 atom stereocenters. The molecule has 1 aromatic heterocycles. The van der Waals surface area contributed by atoms with E-state index in [0.717, 1.165) is 0 Å². The number of hydrogen-bond acceptors (Lipinski definition) is 8. The Bertz CT molecular complexity index is 1570. The second-order valence-corrected chi connectivity index (χ2v) is 9.13. The Balaban J connectivity index is 1.17. The number of carbonyl (C=O) groups excluding carboxylic acids is 2. The Labute approximate surface area is 222 Å². The van der Waals surface area contributed by atoms with Gasteiger partial charge in [-0.2, -0.15) is 0 Å². The number of rotatable bonds is 7. The van der Waals surface area contributed by atoms with Gasteiger partial charge >= 0.3 is 0 Å². The van der Waals surface area contributed by atoms with E-state index in [0.29, 0.717) is 71.3 Å². The minimum atomic E-state index is -1.16. The van der Waals surface area contributed by atoms with Gasteiger partial charge in [0.2, 0.25) is 23.4 Å². The maximum absolute atomic E-state index is 13.1. The lowest BCUT2D eigenvalue weighted by molar-refractivity contribution is -0.131. The van der Waals surface area contributed by atoms with Crippen LogP contribution in [0.2, 0.25) is 0 Å². The van der Waals surface area contributed by atoms with Gasteiger partial charge in [0.05, 0.1) is 12.6 Å². The van der Waals surface area contributed by atoms with Crippen molar-refractivity contribution in [3.63, 3.8) is 0 Å². The van der Waals surface area contributed by atoms with Crippen molar-refractivity contribution in [2.75, 3.05) is 31.0 Å². The zero-order chi connectivity index (χ0) is 27.0. The summed E-state index contributed by atoms with van der Waals surface area (Å²) in [6.45, 7) is 0.753. The van der Waals surface area contributed by atoms with E-state index < -0.39 is 23.0 Å². The van der Waals surface area contributed by atoms with Gasteiger partial charge in [0.15, 0.2) is 11.5 Å². The molecule has 1 fully saturated rings. The number of nitrogens with one attached hydrogen (secondary N) is 2. The Morgan fingerprint density at radius 3 is 2.13 bits per heavy atom. The second-order valence-electron chi connectivity index (χ2n) is 9.13. The highest BCUT2D eigenvalue weighted by molar-refractivity contribution is 6.16. The molecule has 2 N–H and O–H groups in total. The second kappa shape index (κ2) is 9.75. The quantitative estimate of drug-likeness (QED) is 0.330. The molecule has 0 spiro atoms. The predicted octanol–water partition coefficient (Wildman–Crippen LogP) is 4.70. The van der Waals surface area contributed by atoms with E-state index in [1.165, 1.54) is 30.6 Å². The third kappa shape index (κ3) is 4.63. The molecule has 0 unspecified atom stereocenters. The van der Waals surface area contributed by atoms with Gasteiger partial charge in [0.25, 0.3) is 0 Å². The highest BCUT2D eigenvalue weighted by Crippen LogP contribution is 2.49. The average Bonchev–Trinajstić information content (AvgIpc) is 3.77. The molecule has 2 amide bonds. The summed E-state index contributed by atoms with van der Waals surface area (Å²) < 4.78 is 36.2. The summed E-state index contributed by atoms with van der Waals surface area (Å²) in [6.07, 6.45) is 2.23. The van der Waals surface area contributed by atoms with Gasteiger partial charge < -0.3 is 29.6 Å². The molecular formula is C28H23FN4O6. The number of carbonyl (C=O) groups is 2. The minimum Gasteiger partial charge on any atom is -0.493 e. The third-order valence-electron chi connectivity index (χ3n) is 6.61. The number of ether oxygens (including phenoxy) is 4. The standard InChI is InChI=1S/C28H23FN4O6/c1-36-21-14-20-22(24-23(21)37-12-13-38-24)25(31-15-30-20)39-19-8-6-18(7-9-19)33-27(35)28(10-11-28)26(34)32-17-4-2-16(29)3-5-17/h2-9,14-15H,10-13H2,1H3,(H,32,34)(H,33,35). The molecule has 1 aliphatic heterocycles. The topological polar surface area (TPSA) is 121 Å². The fourth-order valence-electron chi connectivity index (χ4n) is 4.35. The molecule has 0 saturated heterocycles. The third-order valence-corrected chi connectivity index (χ3v) is 6.61. The van der Waals surface area contributed by atoms with Crippen molar-refractivity contribution in [2.45, 2.75) is 12.8 Å². The number of aromatic nitrogens is 2. The molecule has 1 saturated carbocycles. The fraction of sp³-hybridized carbons (Fsp3) is 0.214. The summed E-state index contributed by atoms with van der Waals surface area (Å²) in [7, 11) is 1.54. The predicted molar refractivity (Wildman–Crippen MR) is 139 cm³/mol. The summed E-state index contributed by atoms with van der Waals surface area (Å²) in [4.78, 5) is 34.4. The van der Waals surface area contributed by atoms with E-state index >= 15 is 0 Å². The van der Waals surface area contributed by atoms with Crippen molar-refractivity contribution in [3.05, 3.63) is 66.7 Å². The highest BCUT2D eigenvalue weighted by atomic mass is 19.1. The Kier molecular flexibility index (Phi) is 6.10. The summed E-state index contributed by atoms with van der Waals surface area (Å²) in [5.41, 5.74) is 0.334. The van der Waals surface area contributed by atoms with Crippen molar-refractivity contribution in [3.8, 4) is 28.9 Å². The van der Waals surface area contributed by atoms with Crippen LogP contribution in [0.4, 0.5) is 15.8 Å². The molecule has 0 radical (unpaired) electrons. The zero-order valence-electron chi connectivity index (χ0n) is 20.8. The first-order valence-electron chi connectivity index (χ1n) is 12.2. The number of benzene rings is 3. The fourth-order valence-corrected chi connectivity index (χ4v) is 4.35. The van der Waals surface area contributed by atoms with Crippen LogP contribution in [0.3, 0.4) is 0 Å². The first-order chi connectivity index (χ1) is 19.0. The average molecular weight is 531 g/mol. The molecule has 4 aromatic rings. The molecule has 2 aliphatic rings. The molecule has 3 aromatic carbocycles. The molecular weight excluding hydrogens is 507 g/mol. The van der Waals surface area contributed by atoms with Gasteiger partial charge in [-0.25, -0.2) is 14.4 Å². The smallest absolute Gasteiger partial charge is 0.240 e. The van der Waals surface area contributed by atoms with Crippen LogP contribution in [0.25, 0.3) is 10.9 Å². The van der Waals surface area contributed by atoms with E-state index in [9.17, 15) is 14.0 Å². The summed E-state index contributed by atoms with van der Waals surface area (Å²) in [5, 5.41) is 6.05. The molecule has 1 aliphatic carbocycles. The molecule has 2 heterocycles. The molecule has 0 bridgehead atoms. The van der Waals surface area contributed by atoms with Crippen LogP contribution in [-0.4, -0.2) is 42.1 Å². The Morgan fingerprint density at radius 2 is 1.51 bits per heavy atom. The van der Waals surface area contributed by atoms with Crippen molar-refractivity contribution in [1.29, 1.82) is 0 Å². The minimum absolute atomic E-state index is 0.274. The van der Waals surface area contributed by atoms with E-state index in [-0.39, 0.29) is 5.88 Å². The van der Waals surface area contributed by atoms with Crippen LogP contribution in [-0.2, 0) is 9.59 Å². The number of anilines is 2. The first-order valence-corrected chi connectivity index (χ1v) is 12.2. The Hall–Kier alpha value is -4.93. The number of fused-ring (bicyclic) bond motifs is 3. The van der Waals surface area contributed by atoms with Gasteiger partial charge in [-0.3, -0.25) is 9.59 Å².